The lowest BCUT2D eigenvalue weighted by molar-refractivity contribution is 2.01. The van der Waals surface area contributed by atoms with Crippen LogP contribution in [0.3, 0.4) is 0 Å². The monoisotopic (exact) mass is 182 g/mol. The summed E-state index contributed by atoms with van der Waals surface area (Å²) in [5, 5.41) is 0. The van der Waals surface area contributed by atoms with Crippen LogP contribution in [-0.2, 0) is 0 Å². The molecular formula is C15H2-. The molecule has 0 nitrogen and oxygen atoms in total. The first kappa shape index (κ1) is 11.8. The van der Waals surface area contributed by atoms with Crippen molar-refractivity contribution in [3.63, 3.8) is 0 Å². The Bertz CT molecular complexity index is 589. The highest BCUT2D eigenvalue weighted by Crippen LogP contribution is 1.66. The van der Waals surface area contributed by atoms with Gasteiger partial charge in [-0.1, -0.05) is 18.3 Å². The van der Waals surface area contributed by atoms with Crippen LogP contribution in [0.2, 0.25) is 0 Å². The zero-order valence-electron chi connectivity index (χ0n) is 7.65. The number of terminal acetylenes is 2. The summed E-state index contributed by atoms with van der Waals surface area (Å²) in [4.78, 5) is 0. The fraction of sp³-hybridized carbons (Fsp3) is 0. The number of rotatable bonds is 0. The molecule has 0 fully saturated rings. The van der Waals surface area contributed by atoms with Crippen molar-refractivity contribution in [2.24, 2.45) is 0 Å². The second kappa shape index (κ2) is 10.8. The van der Waals surface area contributed by atoms with Gasteiger partial charge in [0, 0.05) is 0 Å². The fourth-order valence-corrected chi connectivity index (χ4v) is 0.353. The molecule has 0 saturated heterocycles. The van der Waals surface area contributed by atoms with Crippen molar-refractivity contribution in [3.8, 4) is 83.9 Å². The van der Waals surface area contributed by atoms with E-state index in [9.17, 15) is 0 Å². The van der Waals surface area contributed by atoms with Crippen LogP contribution in [0.5, 0.6) is 0 Å². The predicted molar refractivity (Wildman–Crippen MR) is 59.8 cm³/mol. The summed E-state index contributed by atoms with van der Waals surface area (Å²) < 4.78 is 0. The zero-order chi connectivity index (χ0) is 11.2. The zero-order valence-corrected chi connectivity index (χ0v) is 7.65. The molecule has 0 N–H and O–H groups in total. The number of hydrogen-bond acceptors (Lipinski definition) is 0. The molecule has 0 unspecified atom stereocenters. The van der Waals surface area contributed by atoms with E-state index in [0.29, 0.717) is 0 Å². The smallest absolute Gasteiger partial charge is 0.00120 e. The van der Waals surface area contributed by atoms with Crippen LogP contribution in [0.4, 0.5) is 0 Å². The molecule has 0 rings (SSSR count). The first-order valence-corrected chi connectivity index (χ1v) is 3.58. The van der Waals surface area contributed by atoms with Gasteiger partial charge in [-0.25, -0.2) is 11.8 Å². The highest BCUT2D eigenvalue weighted by Gasteiger charge is 1.52. The first-order chi connectivity index (χ1) is 7.41. The van der Waals surface area contributed by atoms with Gasteiger partial charge in [0.25, 0.3) is 0 Å². The third-order valence-electron chi connectivity index (χ3n) is 0.769. The topological polar surface area (TPSA) is 0 Å². The third-order valence-corrected chi connectivity index (χ3v) is 0.769. The molecule has 0 aromatic carbocycles. The van der Waals surface area contributed by atoms with E-state index in [0.717, 1.165) is 0 Å². The lowest BCUT2D eigenvalue weighted by atomic mass is 10.4. The average molecular weight is 182 g/mol. The largest absolute Gasteiger partial charge is 0.202 e. The van der Waals surface area contributed by atoms with E-state index in [4.69, 9.17) is 12.8 Å². The molecule has 0 aliphatic carbocycles. The van der Waals surface area contributed by atoms with E-state index in [-0.39, 0.29) is 0 Å². The maximum atomic E-state index is 4.86. The van der Waals surface area contributed by atoms with Gasteiger partial charge in [-0.2, -0.15) is 11.8 Å². The Morgan fingerprint density at radius 3 is 1.47 bits per heavy atom. The third kappa shape index (κ3) is 10.8. The van der Waals surface area contributed by atoms with E-state index in [1.54, 1.807) is 0 Å². The van der Waals surface area contributed by atoms with E-state index >= 15 is 0 Å². The van der Waals surface area contributed by atoms with Crippen LogP contribution >= 0.6 is 0 Å². The standard InChI is InChI=1S/C15H2/c1-3-5-7-9-11-13-15-14-12-10-8-6-4-2/h1-2H/q-1. The van der Waals surface area contributed by atoms with Crippen LogP contribution in [-0.4, -0.2) is 0 Å². The van der Waals surface area contributed by atoms with Gasteiger partial charge in [-0.05, 0) is 35.5 Å². The molecule has 15 heavy (non-hydrogen) atoms. The van der Waals surface area contributed by atoms with Crippen LogP contribution in [0, 0.1) is 90.3 Å². The Kier molecular flexibility index (Phi) is 8.48. The molecule has 0 aliphatic heterocycles. The molecule has 0 aliphatic rings. The van der Waals surface area contributed by atoms with E-state index < -0.39 is 0 Å². The molecule has 63 valence electrons. The van der Waals surface area contributed by atoms with E-state index in [1.165, 1.54) is 0 Å². The van der Waals surface area contributed by atoms with Gasteiger partial charge < -0.3 is 0 Å². The van der Waals surface area contributed by atoms with E-state index in [1.807, 2.05) is 0 Å². The highest BCUT2D eigenvalue weighted by molar-refractivity contribution is 5.43. The highest BCUT2D eigenvalue weighted by atomic mass is 13.6. The van der Waals surface area contributed by atoms with Gasteiger partial charge in [0.05, 0.1) is 0 Å². The van der Waals surface area contributed by atoms with Gasteiger partial charge in [0.15, 0.2) is 0 Å². The second-order valence-electron chi connectivity index (χ2n) is 1.66. The molecule has 0 aromatic rings. The summed E-state index contributed by atoms with van der Waals surface area (Å²) in [6.07, 6.45) is 12.2. The van der Waals surface area contributed by atoms with Crippen molar-refractivity contribution in [3.05, 3.63) is 6.42 Å². The Morgan fingerprint density at radius 2 is 0.933 bits per heavy atom. The molecule has 1 radical (unpaired) electrons. The Hall–Kier alpha value is -3.21. The summed E-state index contributed by atoms with van der Waals surface area (Å²) in [6, 6.07) is 0. The minimum absolute atomic E-state index is 2.12. The van der Waals surface area contributed by atoms with Crippen LogP contribution in [0.25, 0.3) is 0 Å². The molecule has 0 heterocycles. The van der Waals surface area contributed by atoms with E-state index in [2.05, 4.69) is 77.5 Å². The molecule has 0 bridgehead atoms. The summed E-state index contributed by atoms with van der Waals surface area (Å²) >= 11 is 0. The van der Waals surface area contributed by atoms with Gasteiger partial charge in [-0.15, -0.1) is 12.8 Å². The summed E-state index contributed by atoms with van der Waals surface area (Å²) in [7, 11) is 0. The lowest BCUT2D eigenvalue weighted by Crippen LogP contribution is -1.61. The molecule has 0 heteroatoms. The minimum Gasteiger partial charge on any atom is -0.202 e. The second-order valence-corrected chi connectivity index (χ2v) is 1.66. The summed E-state index contributed by atoms with van der Waals surface area (Å²) in [5.41, 5.74) is 0. The Balaban J connectivity index is 4.01. The first-order valence-electron chi connectivity index (χ1n) is 3.58. The van der Waals surface area contributed by atoms with Crippen molar-refractivity contribution >= 4 is 0 Å². The van der Waals surface area contributed by atoms with Gasteiger partial charge in [-0.3, -0.25) is 0 Å². The van der Waals surface area contributed by atoms with Crippen LogP contribution in [0.15, 0.2) is 0 Å². The number of hydrogen-bond donors (Lipinski definition) is 0. The van der Waals surface area contributed by atoms with Gasteiger partial charge in [0.2, 0.25) is 0 Å². The lowest BCUT2D eigenvalue weighted by Gasteiger charge is -1.76. The van der Waals surface area contributed by atoms with Crippen molar-refractivity contribution in [1.29, 1.82) is 0 Å². The SMILES string of the molecule is C#CC#CC#CC#C[C-]C#CC#CC#C. The van der Waals surface area contributed by atoms with Crippen molar-refractivity contribution in [1.82, 2.24) is 0 Å². The summed E-state index contributed by atoms with van der Waals surface area (Å²) in [6.45, 7) is 0. The van der Waals surface area contributed by atoms with Crippen molar-refractivity contribution in [2.45, 2.75) is 0 Å². The maximum Gasteiger partial charge on any atom is -0.00120 e. The molecule has 0 atom stereocenters. The maximum absolute atomic E-state index is 4.86. The van der Waals surface area contributed by atoms with Crippen LogP contribution in [0.1, 0.15) is 0 Å². The summed E-state index contributed by atoms with van der Waals surface area (Å²) in [5.74, 6) is 28.3. The molecule has 0 saturated carbocycles. The fourth-order valence-electron chi connectivity index (χ4n) is 0.353. The Labute approximate surface area is 90.8 Å². The van der Waals surface area contributed by atoms with Crippen LogP contribution < -0.4 is 0 Å². The van der Waals surface area contributed by atoms with Crippen molar-refractivity contribution < 1.29 is 0 Å². The quantitative estimate of drug-likeness (QED) is 0.374. The molecule has 0 spiro atoms. The molecule has 0 amide bonds. The molecule has 0 aromatic heterocycles. The van der Waals surface area contributed by atoms with Gasteiger partial charge >= 0.3 is 0 Å². The van der Waals surface area contributed by atoms with Crippen molar-refractivity contribution in [2.75, 3.05) is 0 Å². The van der Waals surface area contributed by atoms with Gasteiger partial charge in [0.1, 0.15) is 0 Å². The molecular weight excluding hydrogens is 180 g/mol. The average Bonchev–Trinajstić information content (AvgIpc) is 2.26. The minimum atomic E-state index is 2.12. The normalized spacial score (nSPS) is 3.87. The predicted octanol–water partition coefficient (Wildman–Crippen LogP) is 0.351. The Morgan fingerprint density at radius 1 is 0.533 bits per heavy atom.